The van der Waals surface area contributed by atoms with Gasteiger partial charge in [-0.25, -0.2) is 4.98 Å². The monoisotopic (exact) mass is 340 g/mol. The zero-order chi connectivity index (χ0) is 17.1. The number of aromatic nitrogens is 3. The molecule has 0 spiro atoms. The maximum Gasteiger partial charge on any atom is 0.122 e. The first-order valence-electron chi connectivity index (χ1n) is 9.29. The number of imidazole rings is 1. The highest BCUT2D eigenvalue weighted by Gasteiger charge is 2.25. The Labute approximate surface area is 150 Å². The summed E-state index contributed by atoms with van der Waals surface area (Å²) in [5.41, 5.74) is 1.14. The fourth-order valence-corrected chi connectivity index (χ4v) is 3.98. The Morgan fingerprint density at radius 1 is 1.00 bits per heavy atom. The molecule has 0 N–H and O–H groups in total. The molecule has 4 heterocycles. The number of pyridine rings is 1. The summed E-state index contributed by atoms with van der Waals surface area (Å²) in [6, 6.07) is 6.17. The predicted molar refractivity (Wildman–Crippen MR) is 98.0 cm³/mol. The van der Waals surface area contributed by atoms with E-state index in [2.05, 4.69) is 54.6 Å². The Morgan fingerprint density at radius 2 is 1.88 bits per heavy atom. The van der Waals surface area contributed by atoms with E-state index >= 15 is 0 Å². The summed E-state index contributed by atoms with van der Waals surface area (Å²) >= 11 is 0. The van der Waals surface area contributed by atoms with Crippen molar-refractivity contribution in [3.8, 4) is 0 Å². The SMILES string of the molecule is CN1CCN(C[C@H]2CN(Cc3ccccn3)Cc3nccn3C2)CC1. The number of hydrogen-bond donors (Lipinski definition) is 0. The van der Waals surface area contributed by atoms with Gasteiger partial charge in [-0.05, 0) is 19.2 Å². The molecule has 25 heavy (non-hydrogen) atoms. The van der Waals surface area contributed by atoms with E-state index in [-0.39, 0.29) is 0 Å². The van der Waals surface area contributed by atoms with Crippen molar-refractivity contribution in [1.82, 2.24) is 29.2 Å². The molecule has 1 atom stereocenters. The van der Waals surface area contributed by atoms with Gasteiger partial charge in [0.15, 0.2) is 0 Å². The number of piperazine rings is 1. The van der Waals surface area contributed by atoms with E-state index in [1.54, 1.807) is 0 Å². The number of likely N-dealkylation sites (N-methyl/N-ethyl adjacent to an activating group) is 1. The van der Waals surface area contributed by atoms with Crippen LogP contribution in [0.15, 0.2) is 36.8 Å². The average molecular weight is 340 g/mol. The second kappa shape index (κ2) is 7.64. The summed E-state index contributed by atoms with van der Waals surface area (Å²) in [5.74, 6) is 1.80. The number of nitrogens with zero attached hydrogens (tertiary/aromatic N) is 6. The highest BCUT2D eigenvalue weighted by atomic mass is 15.3. The predicted octanol–water partition coefficient (Wildman–Crippen LogP) is 1.16. The fraction of sp³-hybridized carbons (Fsp3) is 0.579. The average Bonchev–Trinajstić information content (AvgIpc) is 2.98. The highest BCUT2D eigenvalue weighted by Crippen LogP contribution is 2.18. The first-order chi connectivity index (χ1) is 12.3. The molecule has 0 radical (unpaired) electrons. The van der Waals surface area contributed by atoms with E-state index < -0.39 is 0 Å². The molecule has 0 aliphatic carbocycles. The first-order valence-corrected chi connectivity index (χ1v) is 9.29. The van der Waals surface area contributed by atoms with Crippen LogP contribution in [0.5, 0.6) is 0 Å². The topological polar surface area (TPSA) is 40.4 Å². The van der Waals surface area contributed by atoms with Gasteiger partial charge in [-0.15, -0.1) is 0 Å². The molecule has 134 valence electrons. The minimum atomic E-state index is 0.627. The standard InChI is InChI=1S/C19H28N6/c1-22-8-10-23(11-9-22)12-17-13-24(15-18-4-2-3-5-20-18)16-19-21-6-7-25(19)14-17/h2-7,17H,8-16H2,1H3/t17-/m0/s1. The third kappa shape index (κ3) is 4.26. The Morgan fingerprint density at radius 3 is 2.68 bits per heavy atom. The Balaban J connectivity index is 1.45. The van der Waals surface area contributed by atoms with Crippen LogP contribution >= 0.6 is 0 Å². The molecule has 6 heteroatoms. The second-order valence-electron chi connectivity index (χ2n) is 7.46. The van der Waals surface area contributed by atoms with Gasteiger partial charge >= 0.3 is 0 Å². The summed E-state index contributed by atoms with van der Waals surface area (Å²) in [6.07, 6.45) is 5.96. The van der Waals surface area contributed by atoms with Crippen molar-refractivity contribution in [2.45, 2.75) is 19.6 Å². The summed E-state index contributed by atoms with van der Waals surface area (Å²) in [4.78, 5) is 16.7. The molecule has 0 amide bonds. The van der Waals surface area contributed by atoms with E-state index in [1.807, 2.05) is 18.5 Å². The van der Waals surface area contributed by atoms with E-state index in [1.165, 1.54) is 38.5 Å². The van der Waals surface area contributed by atoms with Crippen molar-refractivity contribution in [3.63, 3.8) is 0 Å². The molecule has 0 saturated carbocycles. The largest absolute Gasteiger partial charge is 0.333 e. The van der Waals surface area contributed by atoms with Gasteiger partial charge in [0.2, 0.25) is 0 Å². The summed E-state index contributed by atoms with van der Waals surface area (Å²) in [5, 5.41) is 0. The van der Waals surface area contributed by atoms with E-state index in [9.17, 15) is 0 Å². The molecule has 0 aromatic carbocycles. The van der Waals surface area contributed by atoms with E-state index in [0.29, 0.717) is 5.92 Å². The van der Waals surface area contributed by atoms with Gasteiger partial charge in [0.1, 0.15) is 5.82 Å². The lowest BCUT2D eigenvalue weighted by atomic mass is 10.1. The quantitative estimate of drug-likeness (QED) is 0.835. The lowest BCUT2D eigenvalue weighted by Gasteiger charge is -2.35. The third-order valence-electron chi connectivity index (χ3n) is 5.36. The molecule has 2 aromatic rings. The summed E-state index contributed by atoms with van der Waals surface area (Å²) in [7, 11) is 2.22. The lowest BCUT2D eigenvalue weighted by Crippen LogP contribution is -2.47. The zero-order valence-corrected chi connectivity index (χ0v) is 15.1. The van der Waals surface area contributed by atoms with Crippen LogP contribution in [0.1, 0.15) is 11.5 Å². The van der Waals surface area contributed by atoms with Crippen molar-refractivity contribution in [2.75, 3.05) is 46.3 Å². The molecule has 2 aromatic heterocycles. The Kier molecular flexibility index (Phi) is 5.10. The smallest absolute Gasteiger partial charge is 0.122 e. The van der Waals surface area contributed by atoms with E-state index in [4.69, 9.17) is 0 Å². The van der Waals surface area contributed by atoms with Gasteiger partial charge in [-0.3, -0.25) is 9.88 Å². The molecule has 2 aliphatic rings. The van der Waals surface area contributed by atoms with Crippen LogP contribution in [-0.4, -0.2) is 75.6 Å². The highest BCUT2D eigenvalue weighted by molar-refractivity contribution is 5.04. The summed E-state index contributed by atoms with van der Waals surface area (Å²) in [6.45, 7) is 9.88. The van der Waals surface area contributed by atoms with Crippen LogP contribution in [0.4, 0.5) is 0 Å². The molecule has 0 bridgehead atoms. The van der Waals surface area contributed by atoms with Crippen LogP contribution < -0.4 is 0 Å². The maximum atomic E-state index is 4.58. The zero-order valence-electron chi connectivity index (χ0n) is 15.1. The number of hydrogen-bond acceptors (Lipinski definition) is 5. The maximum absolute atomic E-state index is 4.58. The van der Waals surface area contributed by atoms with Crippen LogP contribution in [-0.2, 0) is 19.6 Å². The van der Waals surface area contributed by atoms with E-state index in [0.717, 1.165) is 31.9 Å². The second-order valence-corrected chi connectivity index (χ2v) is 7.46. The molecular weight excluding hydrogens is 312 g/mol. The molecule has 0 unspecified atom stereocenters. The van der Waals surface area contributed by atoms with Gasteiger partial charge < -0.3 is 14.4 Å². The van der Waals surface area contributed by atoms with Crippen LogP contribution in [0.25, 0.3) is 0 Å². The minimum Gasteiger partial charge on any atom is -0.333 e. The van der Waals surface area contributed by atoms with Gasteiger partial charge in [-0.1, -0.05) is 6.07 Å². The van der Waals surface area contributed by atoms with Crippen molar-refractivity contribution >= 4 is 0 Å². The molecule has 6 nitrogen and oxygen atoms in total. The Bertz CT molecular complexity index is 662. The first kappa shape index (κ1) is 16.7. The van der Waals surface area contributed by atoms with Gasteiger partial charge in [0, 0.05) is 76.9 Å². The molecule has 2 aliphatic heterocycles. The third-order valence-corrected chi connectivity index (χ3v) is 5.36. The number of rotatable bonds is 4. The van der Waals surface area contributed by atoms with Crippen molar-refractivity contribution in [1.29, 1.82) is 0 Å². The number of fused-ring (bicyclic) bond motifs is 1. The summed E-state index contributed by atoms with van der Waals surface area (Å²) < 4.78 is 2.35. The molecular formula is C19H28N6. The van der Waals surface area contributed by atoms with Gasteiger partial charge in [0.05, 0.1) is 12.2 Å². The molecule has 1 saturated heterocycles. The minimum absolute atomic E-state index is 0.627. The van der Waals surface area contributed by atoms with Gasteiger partial charge in [-0.2, -0.15) is 0 Å². The normalized spacial score (nSPS) is 23.3. The van der Waals surface area contributed by atoms with Crippen molar-refractivity contribution in [3.05, 3.63) is 48.3 Å². The van der Waals surface area contributed by atoms with Crippen molar-refractivity contribution < 1.29 is 0 Å². The molecule has 1 fully saturated rings. The van der Waals surface area contributed by atoms with Crippen LogP contribution in [0.3, 0.4) is 0 Å². The Hall–Kier alpha value is -1.76. The van der Waals surface area contributed by atoms with Crippen molar-refractivity contribution in [2.24, 2.45) is 5.92 Å². The fourth-order valence-electron chi connectivity index (χ4n) is 3.98. The van der Waals surface area contributed by atoms with Crippen LogP contribution in [0.2, 0.25) is 0 Å². The van der Waals surface area contributed by atoms with Crippen LogP contribution in [0, 0.1) is 5.92 Å². The van der Waals surface area contributed by atoms with Gasteiger partial charge in [0.25, 0.3) is 0 Å². The molecule has 4 rings (SSSR count). The lowest BCUT2D eigenvalue weighted by molar-refractivity contribution is 0.116.